The Balaban J connectivity index is 2.54. The van der Waals surface area contributed by atoms with E-state index in [-0.39, 0.29) is 17.9 Å². The summed E-state index contributed by atoms with van der Waals surface area (Å²) in [5.41, 5.74) is 1.37. The molecule has 0 aliphatic carbocycles. The normalized spacial score (nSPS) is 38.1. The number of carbonyl (C=O) groups excluding carboxylic acids is 2. The quantitative estimate of drug-likeness (QED) is 0.254. The van der Waals surface area contributed by atoms with Gasteiger partial charge >= 0.3 is 11.9 Å². The van der Waals surface area contributed by atoms with E-state index in [1.807, 2.05) is 52.8 Å². The summed E-state index contributed by atoms with van der Waals surface area (Å²) < 4.78 is 23.5. The molecule has 4 N–H and O–H groups in total. The van der Waals surface area contributed by atoms with Crippen molar-refractivity contribution in [1.82, 2.24) is 0 Å². The van der Waals surface area contributed by atoms with Gasteiger partial charge in [0, 0.05) is 19.3 Å². The van der Waals surface area contributed by atoms with Gasteiger partial charge < -0.3 is 39.4 Å². The van der Waals surface area contributed by atoms with E-state index in [4.69, 9.17) is 18.9 Å². The van der Waals surface area contributed by atoms with Crippen molar-refractivity contribution < 1.29 is 49.0 Å². The van der Waals surface area contributed by atoms with Crippen molar-refractivity contribution >= 4 is 11.9 Å². The molecule has 44 heavy (non-hydrogen) atoms. The average molecular weight is 621 g/mol. The van der Waals surface area contributed by atoms with E-state index in [0.29, 0.717) is 24.8 Å². The van der Waals surface area contributed by atoms with Crippen LogP contribution in [-0.2, 0) is 28.5 Å². The highest BCUT2D eigenvalue weighted by atomic mass is 16.7. The number of aliphatic hydroxyl groups excluding tert-OH is 4. The van der Waals surface area contributed by atoms with Crippen LogP contribution in [0.4, 0.5) is 0 Å². The highest BCUT2D eigenvalue weighted by Crippen LogP contribution is 2.35. The number of aliphatic hydroxyl groups is 4. The lowest BCUT2D eigenvalue weighted by molar-refractivity contribution is -0.333. The summed E-state index contributed by atoms with van der Waals surface area (Å²) in [5, 5.41) is 42.5. The Morgan fingerprint density at radius 2 is 1.73 bits per heavy atom. The van der Waals surface area contributed by atoms with Crippen molar-refractivity contribution in [3.05, 3.63) is 58.7 Å². The van der Waals surface area contributed by atoms with Gasteiger partial charge in [-0.15, -0.1) is 0 Å². The molecule has 2 aliphatic rings. The minimum Gasteiger partial charge on any atom is -0.459 e. The maximum Gasteiger partial charge on any atom is 0.336 e. The van der Waals surface area contributed by atoms with E-state index in [9.17, 15) is 30.0 Å². The minimum absolute atomic E-state index is 0.129. The first-order valence-corrected chi connectivity index (χ1v) is 15.4. The second kappa shape index (κ2) is 17.2. The van der Waals surface area contributed by atoms with Gasteiger partial charge in [0.15, 0.2) is 12.4 Å². The first-order chi connectivity index (χ1) is 20.6. The SMILES string of the molecule is CC[C@@H]1C/C=C(C)/C=C(\C)[C@H](O[C@@H]2OC(C)(C)[C@@H](OC(C)=O)[C@H](O)[C@@H]2O)[C@@H](CC)/C=C(\C)[C@@H](O)C/C=C/C=C(\CO)C(=O)O1. The Bertz CT molecular complexity index is 1130. The Morgan fingerprint density at radius 1 is 1.05 bits per heavy atom. The van der Waals surface area contributed by atoms with Gasteiger partial charge in [-0.2, -0.15) is 0 Å². The largest absolute Gasteiger partial charge is 0.459 e. The van der Waals surface area contributed by atoms with E-state index >= 15 is 0 Å². The number of cyclic esters (lactones) is 1. The van der Waals surface area contributed by atoms with Gasteiger partial charge in [-0.05, 0) is 71.1 Å². The Morgan fingerprint density at radius 3 is 2.32 bits per heavy atom. The van der Waals surface area contributed by atoms with Crippen LogP contribution >= 0.6 is 0 Å². The fourth-order valence-corrected chi connectivity index (χ4v) is 5.35. The van der Waals surface area contributed by atoms with Gasteiger partial charge in [0.2, 0.25) is 0 Å². The predicted octanol–water partition coefficient (Wildman–Crippen LogP) is 3.98. The first-order valence-electron chi connectivity index (χ1n) is 15.4. The Kier molecular flexibility index (Phi) is 14.7. The predicted molar refractivity (Wildman–Crippen MR) is 166 cm³/mol. The number of rotatable bonds is 6. The van der Waals surface area contributed by atoms with Crippen LogP contribution < -0.4 is 0 Å². The van der Waals surface area contributed by atoms with Gasteiger partial charge in [-0.25, -0.2) is 4.79 Å². The first kappa shape index (κ1) is 37.6. The lowest BCUT2D eigenvalue weighted by Crippen LogP contribution is -2.64. The summed E-state index contributed by atoms with van der Waals surface area (Å²) >= 11 is 0. The van der Waals surface area contributed by atoms with Crippen LogP contribution in [0.2, 0.25) is 0 Å². The zero-order valence-electron chi connectivity index (χ0n) is 27.4. The molecule has 2 heterocycles. The standard InChI is InChI=1S/C34H52O10/c1-9-24-18-21(4)27(37)14-12-11-13-25(19-35)32(40)42-26(10-2)16-15-20(3)17-22(5)30(24)43-33-29(39)28(38)31(41-23(6)36)34(7,8)44-33/h11-13,15,17-18,24,26-31,33,35,37-39H,9-10,14,16,19H2,1-8H3/b12-11+,20-15+,21-18+,22-17+,25-13+/t24-,26+,27-,28+,29-,30-,31-,33+/m0/s1. The topological polar surface area (TPSA) is 152 Å². The summed E-state index contributed by atoms with van der Waals surface area (Å²) in [6.07, 6.45) is 5.48. The molecule has 0 spiro atoms. The maximum absolute atomic E-state index is 12.7. The smallest absolute Gasteiger partial charge is 0.336 e. The van der Waals surface area contributed by atoms with Crippen LogP contribution in [-0.4, -0.2) is 87.5 Å². The fourth-order valence-electron chi connectivity index (χ4n) is 5.35. The molecule has 10 heteroatoms. The molecule has 0 bridgehead atoms. The van der Waals surface area contributed by atoms with E-state index in [1.165, 1.54) is 13.0 Å². The summed E-state index contributed by atoms with van der Waals surface area (Å²) in [7, 11) is 0. The molecule has 0 aromatic carbocycles. The van der Waals surface area contributed by atoms with Crippen LogP contribution in [0, 0.1) is 5.92 Å². The average Bonchev–Trinajstić information content (AvgIpc) is 2.96. The summed E-state index contributed by atoms with van der Waals surface area (Å²) in [4.78, 5) is 24.3. The molecule has 2 rings (SSSR count). The van der Waals surface area contributed by atoms with Gasteiger partial charge in [-0.3, -0.25) is 4.79 Å². The maximum atomic E-state index is 12.7. The van der Waals surface area contributed by atoms with Crippen molar-refractivity contribution in [3.63, 3.8) is 0 Å². The molecule has 0 aromatic rings. The molecule has 1 fully saturated rings. The molecule has 248 valence electrons. The number of allylic oxidation sites excluding steroid dienone is 4. The number of carbonyl (C=O) groups is 2. The van der Waals surface area contributed by atoms with Gasteiger partial charge in [0.1, 0.15) is 23.9 Å². The summed E-state index contributed by atoms with van der Waals surface area (Å²) in [5.74, 6) is -1.44. The number of esters is 2. The molecule has 0 radical (unpaired) electrons. The molecule has 1 saturated heterocycles. The number of ether oxygens (including phenoxy) is 4. The third-order valence-corrected chi connectivity index (χ3v) is 8.04. The van der Waals surface area contributed by atoms with Crippen LogP contribution in [0.1, 0.15) is 81.1 Å². The lowest BCUT2D eigenvalue weighted by atomic mass is 9.88. The fraction of sp³-hybridized carbons (Fsp3) is 0.647. The lowest BCUT2D eigenvalue weighted by Gasteiger charge is -2.47. The van der Waals surface area contributed by atoms with E-state index < -0.39 is 67.1 Å². The van der Waals surface area contributed by atoms with Crippen molar-refractivity contribution in [3.8, 4) is 0 Å². The second-order valence-electron chi connectivity index (χ2n) is 12.2. The Labute approximate surface area is 261 Å². The molecule has 2 aliphatic heterocycles. The summed E-state index contributed by atoms with van der Waals surface area (Å²) in [6.45, 7) is 13.6. The molecule has 8 atom stereocenters. The molecule has 0 aromatic heterocycles. The van der Waals surface area contributed by atoms with Crippen molar-refractivity contribution in [2.75, 3.05) is 6.61 Å². The monoisotopic (exact) mass is 620 g/mol. The molecular formula is C34H52O10. The number of hydrogen-bond donors (Lipinski definition) is 4. The third-order valence-electron chi connectivity index (χ3n) is 8.04. The van der Waals surface area contributed by atoms with Gasteiger partial charge in [0.05, 0.1) is 24.4 Å². The highest BCUT2D eigenvalue weighted by Gasteiger charge is 2.52. The van der Waals surface area contributed by atoms with E-state index in [0.717, 1.165) is 11.1 Å². The van der Waals surface area contributed by atoms with E-state index in [1.54, 1.807) is 26.0 Å². The zero-order valence-corrected chi connectivity index (χ0v) is 27.4. The molecular weight excluding hydrogens is 568 g/mol. The molecule has 10 nitrogen and oxygen atoms in total. The van der Waals surface area contributed by atoms with Crippen LogP contribution in [0.15, 0.2) is 58.7 Å². The molecule has 0 saturated carbocycles. The number of hydrogen-bond acceptors (Lipinski definition) is 10. The second-order valence-corrected chi connectivity index (χ2v) is 12.2. The molecule has 0 unspecified atom stereocenters. The van der Waals surface area contributed by atoms with Gasteiger partial charge in [-0.1, -0.05) is 49.8 Å². The van der Waals surface area contributed by atoms with Crippen molar-refractivity contribution in [2.45, 2.75) is 130 Å². The molecule has 0 amide bonds. The Hall–Kier alpha value is -2.60. The van der Waals surface area contributed by atoms with Crippen molar-refractivity contribution in [2.24, 2.45) is 5.92 Å². The highest BCUT2D eigenvalue weighted by molar-refractivity contribution is 5.89. The van der Waals surface area contributed by atoms with Crippen LogP contribution in [0.5, 0.6) is 0 Å². The van der Waals surface area contributed by atoms with Crippen molar-refractivity contribution in [1.29, 1.82) is 0 Å². The van der Waals surface area contributed by atoms with Gasteiger partial charge in [0.25, 0.3) is 0 Å². The van der Waals surface area contributed by atoms with E-state index in [2.05, 4.69) is 0 Å². The summed E-state index contributed by atoms with van der Waals surface area (Å²) in [6, 6.07) is 0. The zero-order chi connectivity index (χ0) is 33.2. The van der Waals surface area contributed by atoms with Crippen LogP contribution in [0.3, 0.4) is 0 Å². The minimum atomic E-state index is -1.50. The van der Waals surface area contributed by atoms with Crippen LogP contribution in [0.25, 0.3) is 0 Å². The third kappa shape index (κ3) is 10.5.